The van der Waals surface area contributed by atoms with Crippen molar-refractivity contribution in [2.45, 2.75) is 20.5 Å². The Kier molecular flexibility index (Phi) is 4.38. The third kappa shape index (κ3) is 3.04. The number of carbonyl (C=O) groups excluding carboxylic acids is 1. The number of carbonyl (C=O) groups is 1. The zero-order valence-corrected chi connectivity index (χ0v) is 12.5. The van der Waals surface area contributed by atoms with Crippen molar-refractivity contribution in [3.8, 4) is 5.75 Å². The van der Waals surface area contributed by atoms with Gasteiger partial charge in [-0.05, 0) is 58.6 Å². The van der Waals surface area contributed by atoms with E-state index in [1.807, 2.05) is 18.2 Å². The van der Waals surface area contributed by atoms with Crippen molar-refractivity contribution >= 4 is 22.2 Å². The third-order valence-electron chi connectivity index (χ3n) is 3.13. The number of aldehydes is 1. The number of rotatable bonds is 4. The van der Waals surface area contributed by atoms with E-state index in [4.69, 9.17) is 4.74 Å². The molecule has 0 radical (unpaired) electrons. The van der Waals surface area contributed by atoms with Crippen LogP contribution in [0.15, 0.2) is 40.9 Å². The Hall–Kier alpha value is -1.61. The van der Waals surface area contributed by atoms with Crippen LogP contribution in [0.5, 0.6) is 5.75 Å². The minimum Gasteiger partial charge on any atom is -0.487 e. The normalized spacial score (nSPS) is 10.3. The summed E-state index contributed by atoms with van der Waals surface area (Å²) < 4.78 is 6.62. The Morgan fingerprint density at radius 1 is 1.11 bits per heavy atom. The van der Waals surface area contributed by atoms with Gasteiger partial charge < -0.3 is 4.74 Å². The van der Waals surface area contributed by atoms with Crippen LogP contribution >= 0.6 is 15.9 Å². The van der Waals surface area contributed by atoms with Crippen LogP contribution in [0.2, 0.25) is 0 Å². The zero-order valence-electron chi connectivity index (χ0n) is 10.9. The maximum atomic E-state index is 11.0. The molecule has 3 heteroatoms. The number of para-hydroxylation sites is 1. The fraction of sp³-hybridized carbons (Fsp3) is 0.188. The molecule has 0 unspecified atom stereocenters. The molecule has 0 aromatic heterocycles. The van der Waals surface area contributed by atoms with Gasteiger partial charge in [-0.1, -0.05) is 24.3 Å². The predicted molar refractivity (Wildman–Crippen MR) is 79.8 cm³/mol. The first-order valence-corrected chi connectivity index (χ1v) is 6.84. The largest absolute Gasteiger partial charge is 0.487 e. The Morgan fingerprint density at radius 2 is 1.74 bits per heavy atom. The first-order chi connectivity index (χ1) is 9.13. The van der Waals surface area contributed by atoms with Gasteiger partial charge in [-0.15, -0.1) is 0 Å². The summed E-state index contributed by atoms with van der Waals surface area (Å²) in [6.07, 6.45) is 0.810. The molecule has 0 spiro atoms. The van der Waals surface area contributed by atoms with Gasteiger partial charge in [0.15, 0.2) is 6.29 Å². The van der Waals surface area contributed by atoms with E-state index in [0.717, 1.165) is 16.3 Å². The smallest absolute Gasteiger partial charge is 0.153 e. The molecule has 0 atom stereocenters. The molecular formula is C16H15BrO2. The van der Waals surface area contributed by atoms with Crippen molar-refractivity contribution in [2.75, 3.05) is 0 Å². The van der Waals surface area contributed by atoms with Crippen LogP contribution in [-0.2, 0) is 6.61 Å². The van der Waals surface area contributed by atoms with E-state index >= 15 is 0 Å². The molecule has 0 saturated heterocycles. The monoisotopic (exact) mass is 318 g/mol. The Balaban J connectivity index is 2.26. The number of hydrogen-bond donors (Lipinski definition) is 0. The Morgan fingerprint density at radius 3 is 2.37 bits per heavy atom. The van der Waals surface area contributed by atoms with Crippen LogP contribution in [0.4, 0.5) is 0 Å². The highest BCUT2D eigenvalue weighted by Crippen LogP contribution is 2.29. The lowest BCUT2D eigenvalue weighted by Crippen LogP contribution is -2.02. The Labute approximate surface area is 121 Å². The molecule has 0 aliphatic rings. The van der Waals surface area contributed by atoms with Crippen LogP contribution in [0, 0.1) is 13.8 Å². The fourth-order valence-corrected chi connectivity index (χ4v) is 2.49. The summed E-state index contributed by atoms with van der Waals surface area (Å²) in [4.78, 5) is 11.0. The molecule has 2 nitrogen and oxygen atoms in total. The van der Waals surface area contributed by atoms with E-state index in [1.54, 1.807) is 6.07 Å². The molecule has 0 heterocycles. The lowest BCUT2D eigenvalue weighted by Gasteiger charge is -2.13. The summed E-state index contributed by atoms with van der Waals surface area (Å²) >= 11 is 3.41. The molecule has 2 rings (SSSR count). The quantitative estimate of drug-likeness (QED) is 0.778. The summed E-state index contributed by atoms with van der Waals surface area (Å²) in [5, 5.41) is 0. The standard InChI is InChI=1S/C16H15BrO2/c1-11-5-3-6-12(2)14(11)10-19-16-13(9-18)7-4-8-15(16)17/h3-9H,10H2,1-2H3. The van der Waals surface area contributed by atoms with Crippen molar-refractivity contribution in [1.82, 2.24) is 0 Å². The number of ether oxygens (including phenoxy) is 1. The van der Waals surface area contributed by atoms with E-state index in [1.165, 1.54) is 11.1 Å². The summed E-state index contributed by atoms with van der Waals surface area (Å²) in [6, 6.07) is 11.6. The summed E-state index contributed by atoms with van der Waals surface area (Å²) in [6.45, 7) is 4.58. The van der Waals surface area contributed by atoms with Gasteiger partial charge >= 0.3 is 0 Å². The van der Waals surface area contributed by atoms with Gasteiger partial charge in [-0.3, -0.25) is 4.79 Å². The molecule has 0 aliphatic carbocycles. The first-order valence-electron chi connectivity index (χ1n) is 6.05. The molecule has 0 fully saturated rings. The zero-order chi connectivity index (χ0) is 13.8. The average Bonchev–Trinajstić information content (AvgIpc) is 2.39. The maximum absolute atomic E-state index is 11.0. The van der Waals surface area contributed by atoms with Crippen molar-refractivity contribution in [3.63, 3.8) is 0 Å². The highest BCUT2D eigenvalue weighted by atomic mass is 79.9. The average molecular weight is 319 g/mol. The van der Waals surface area contributed by atoms with E-state index in [-0.39, 0.29) is 0 Å². The second-order valence-electron chi connectivity index (χ2n) is 4.44. The van der Waals surface area contributed by atoms with E-state index in [9.17, 15) is 4.79 Å². The summed E-state index contributed by atoms with van der Waals surface area (Å²) in [5.41, 5.74) is 4.11. The van der Waals surface area contributed by atoms with Gasteiger partial charge in [0.1, 0.15) is 12.4 Å². The lowest BCUT2D eigenvalue weighted by molar-refractivity contribution is 0.111. The van der Waals surface area contributed by atoms with Crippen LogP contribution in [0.1, 0.15) is 27.0 Å². The van der Waals surface area contributed by atoms with Crippen LogP contribution in [-0.4, -0.2) is 6.29 Å². The first kappa shape index (κ1) is 13.8. The van der Waals surface area contributed by atoms with Gasteiger partial charge in [-0.25, -0.2) is 0 Å². The fourth-order valence-electron chi connectivity index (χ4n) is 1.99. The topological polar surface area (TPSA) is 26.3 Å². The molecule has 2 aromatic carbocycles. The number of halogens is 1. The van der Waals surface area contributed by atoms with Gasteiger partial charge in [0.05, 0.1) is 10.0 Å². The van der Waals surface area contributed by atoms with Crippen LogP contribution in [0.3, 0.4) is 0 Å². The molecule has 0 N–H and O–H groups in total. The molecule has 19 heavy (non-hydrogen) atoms. The molecule has 98 valence electrons. The van der Waals surface area contributed by atoms with Gasteiger partial charge in [0.2, 0.25) is 0 Å². The minimum absolute atomic E-state index is 0.460. The van der Waals surface area contributed by atoms with E-state index in [2.05, 4.69) is 41.9 Å². The number of aryl methyl sites for hydroxylation is 2. The highest BCUT2D eigenvalue weighted by molar-refractivity contribution is 9.10. The highest BCUT2D eigenvalue weighted by Gasteiger charge is 2.09. The predicted octanol–water partition coefficient (Wildman–Crippen LogP) is 4.46. The summed E-state index contributed by atoms with van der Waals surface area (Å²) in [5.74, 6) is 0.597. The molecule has 0 saturated carbocycles. The van der Waals surface area contributed by atoms with Crippen molar-refractivity contribution in [2.24, 2.45) is 0 Å². The third-order valence-corrected chi connectivity index (χ3v) is 3.75. The van der Waals surface area contributed by atoms with Gasteiger partial charge in [0.25, 0.3) is 0 Å². The maximum Gasteiger partial charge on any atom is 0.153 e. The molecular weight excluding hydrogens is 304 g/mol. The number of benzene rings is 2. The second kappa shape index (κ2) is 6.02. The Bertz CT molecular complexity index is 585. The van der Waals surface area contributed by atoms with Crippen LogP contribution < -0.4 is 4.74 Å². The van der Waals surface area contributed by atoms with Crippen LogP contribution in [0.25, 0.3) is 0 Å². The molecule has 0 aliphatic heterocycles. The van der Waals surface area contributed by atoms with Gasteiger partial charge in [0, 0.05) is 0 Å². The summed E-state index contributed by atoms with van der Waals surface area (Å²) in [7, 11) is 0. The van der Waals surface area contributed by atoms with Crippen molar-refractivity contribution < 1.29 is 9.53 Å². The molecule has 0 bridgehead atoms. The van der Waals surface area contributed by atoms with E-state index < -0.39 is 0 Å². The number of hydrogen-bond acceptors (Lipinski definition) is 2. The SMILES string of the molecule is Cc1cccc(C)c1COc1c(Br)cccc1C=O. The minimum atomic E-state index is 0.460. The second-order valence-corrected chi connectivity index (χ2v) is 5.29. The molecule has 2 aromatic rings. The lowest BCUT2D eigenvalue weighted by atomic mass is 10.0. The van der Waals surface area contributed by atoms with Crippen molar-refractivity contribution in [1.29, 1.82) is 0 Å². The van der Waals surface area contributed by atoms with E-state index in [0.29, 0.717) is 17.9 Å². The molecule has 0 amide bonds. The van der Waals surface area contributed by atoms with Crippen molar-refractivity contribution in [3.05, 3.63) is 63.1 Å². The van der Waals surface area contributed by atoms with Gasteiger partial charge in [-0.2, -0.15) is 0 Å².